The second-order valence-corrected chi connectivity index (χ2v) is 3.30. The van der Waals surface area contributed by atoms with Crippen molar-refractivity contribution in [1.82, 2.24) is 9.97 Å². The molecule has 0 fully saturated rings. The number of nitrogens with zero attached hydrogens (tertiary/aromatic N) is 2. The lowest BCUT2D eigenvalue weighted by Gasteiger charge is -2.05. The molecule has 0 spiro atoms. The number of nitrogens with two attached hydrogens (primary N) is 1. The van der Waals surface area contributed by atoms with E-state index in [-0.39, 0.29) is 6.01 Å². The van der Waals surface area contributed by atoms with Gasteiger partial charge in [-0.15, -0.1) is 0 Å². The largest absolute Gasteiger partial charge is 0.424 e. The third kappa shape index (κ3) is 2.25. The van der Waals surface area contributed by atoms with Crippen LogP contribution in [0.25, 0.3) is 0 Å². The number of rotatable bonds is 2. The van der Waals surface area contributed by atoms with E-state index in [1.165, 1.54) is 0 Å². The van der Waals surface area contributed by atoms with Crippen LogP contribution in [0.1, 0.15) is 5.56 Å². The van der Waals surface area contributed by atoms with Crippen molar-refractivity contribution in [3.05, 3.63) is 42.0 Å². The molecule has 0 saturated carbocycles. The summed E-state index contributed by atoms with van der Waals surface area (Å²) in [5.74, 6) is 0.0687. The molecule has 0 aliphatic rings. The first kappa shape index (κ1) is 10.4. The average molecular weight is 219 g/mol. The zero-order valence-electron chi connectivity index (χ0n) is 8.64. The van der Waals surface area contributed by atoms with Crippen LogP contribution in [0.3, 0.4) is 0 Å². The summed E-state index contributed by atoms with van der Waals surface area (Å²) < 4.78 is 17.9. The number of halogens is 1. The molecule has 0 saturated heterocycles. The summed E-state index contributed by atoms with van der Waals surface area (Å²) in [5, 5.41) is 0. The van der Waals surface area contributed by atoms with Gasteiger partial charge in [-0.05, 0) is 30.7 Å². The van der Waals surface area contributed by atoms with Crippen LogP contribution in [-0.2, 0) is 0 Å². The molecule has 1 heterocycles. The van der Waals surface area contributed by atoms with Crippen LogP contribution in [0.4, 0.5) is 10.1 Å². The molecule has 0 bridgehead atoms. The Morgan fingerprint density at radius 2 is 1.94 bits per heavy atom. The quantitative estimate of drug-likeness (QED) is 0.787. The van der Waals surface area contributed by atoms with E-state index < -0.39 is 5.82 Å². The van der Waals surface area contributed by atoms with Crippen molar-refractivity contribution in [2.24, 2.45) is 0 Å². The fourth-order valence-electron chi connectivity index (χ4n) is 1.17. The Hall–Kier alpha value is -2.17. The third-order valence-corrected chi connectivity index (χ3v) is 2.05. The van der Waals surface area contributed by atoms with E-state index in [0.717, 1.165) is 18.0 Å². The molecule has 0 radical (unpaired) electrons. The van der Waals surface area contributed by atoms with E-state index in [1.807, 2.05) is 6.92 Å². The number of benzene rings is 1. The van der Waals surface area contributed by atoms with Gasteiger partial charge >= 0.3 is 6.01 Å². The molecule has 0 amide bonds. The molecular weight excluding hydrogens is 209 g/mol. The van der Waals surface area contributed by atoms with E-state index >= 15 is 0 Å². The number of anilines is 1. The van der Waals surface area contributed by atoms with Gasteiger partial charge in [0.25, 0.3) is 0 Å². The number of hydrogen-bond acceptors (Lipinski definition) is 4. The number of nitrogen functional groups attached to an aromatic ring is 1. The normalized spacial score (nSPS) is 10.1. The minimum absolute atomic E-state index is 0.102. The lowest BCUT2D eigenvalue weighted by Crippen LogP contribution is -1.94. The van der Waals surface area contributed by atoms with Crippen molar-refractivity contribution in [1.29, 1.82) is 0 Å². The number of aromatic nitrogens is 2. The molecule has 0 unspecified atom stereocenters. The topological polar surface area (TPSA) is 61.0 Å². The van der Waals surface area contributed by atoms with Gasteiger partial charge in [0.05, 0.1) is 12.4 Å². The second kappa shape index (κ2) is 4.14. The maximum Gasteiger partial charge on any atom is 0.322 e. The van der Waals surface area contributed by atoms with Crippen molar-refractivity contribution in [2.75, 3.05) is 5.73 Å². The van der Waals surface area contributed by atoms with Gasteiger partial charge in [0, 0.05) is 5.69 Å². The maximum atomic E-state index is 12.5. The number of ether oxygens (including phenoxy) is 1. The Morgan fingerprint density at radius 1 is 1.25 bits per heavy atom. The SMILES string of the molecule is Cc1cc(Oc2ncc(F)cn2)ccc1N. The first-order chi connectivity index (χ1) is 7.65. The summed E-state index contributed by atoms with van der Waals surface area (Å²) in [6, 6.07) is 5.30. The van der Waals surface area contributed by atoms with Crippen LogP contribution >= 0.6 is 0 Å². The summed E-state index contributed by atoms with van der Waals surface area (Å²) in [6.07, 6.45) is 2.10. The monoisotopic (exact) mass is 219 g/mol. The van der Waals surface area contributed by atoms with Crippen LogP contribution in [0.15, 0.2) is 30.6 Å². The van der Waals surface area contributed by atoms with Gasteiger partial charge < -0.3 is 10.5 Å². The zero-order valence-corrected chi connectivity index (χ0v) is 8.64. The summed E-state index contributed by atoms with van der Waals surface area (Å²) in [6.45, 7) is 1.87. The van der Waals surface area contributed by atoms with Gasteiger partial charge in [0.15, 0.2) is 5.82 Å². The van der Waals surface area contributed by atoms with Crippen LogP contribution in [0.2, 0.25) is 0 Å². The average Bonchev–Trinajstić information content (AvgIpc) is 2.27. The fourth-order valence-corrected chi connectivity index (χ4v) is 1.17. The third-order valence-electron chi connectivity index (χ3n) is 2.05. The Bertz CT molecular complexity index is 499. The van der Waals surface area contributed by atoms with Gasteiger partial charge in [-0.3, -0.25) is 0 Å². The lowest BCUT2D eigenvalue weighted by molar-refractivity contribution is 0.436. The predicted octanol–water partition coefficient (Wildman–Crippen LogP) is 2.30. The van der Waals surface area contributed by atoms with Gasteiger partial charge in [0.2, 0.25) is 0 Å². The molecule has 4 nitrogen and oxygen atoms in total. The molecule has 2 N–H and O–H groups in total. The number of hydrogen-bond donors (Lipinski definition) is 1. The molecular formula is C11H10FN3O. The van der Waals surface area contributed by atoms with Gasteiger partial charge in [-0.1, -0.05) is 0 Å². The lowest BCUT2D eigenvalue weighted by atomic mass is 10.2. The summed E-state index contributed by atoms with van der Waals surface area (Å²) in [5.41, 5.74) is 7.26. The standard InChI is InChI=1S/C11H10FN3O/c1-7-4-9(2-3-10(7)13)16-11-14-5-8(12)6-15-11/h2-6H,13H2,1H3. The van der Waals surface area contributed by atoms with Crippen LogP contribution in [0, 0.1) is 12.7 Å². The summed E-state index contributed by atoms with van der Waals surface area (Å²) in [4.78, 5) is 7.37. The van der Waals surface area contributed by atoms with Crippen LogP contribution in [0.5, 0.6) is 11.8 Å². The minimum Gasteiger partial charge on any atom is -0.424 e. The Morgan fingerprint density at radius 3 is 2.56 bits per heavy atom. The molecule has 1 aromatic heterocycles. The van der Waals surface area contributed by atoms with Crippen molar-refractivity contribution in [3.8, 4) is 11.8 Å². The van der Waals surface area contributed by atoms with E-state index in [1.54, 1.807) is 18.2 Å². The molecule has 0 aliphatic heterocycles. The predicted molar refractivity (Wildman–Crippen MR) is 57.7 cm³/mol. The van der Waals surface area contributed by atoms with E-state index in [2.05, 4.69) is 9.97 Å². The van der Waals surface area contributed by atoms with Crippen molar-refractivity contribution in [3.63, 3.8) is 0 Å². The van der Waals surface area contributed by atoms with Gasteiger partial charge in [0.1, 0.15) is 5.75 Å². The first-order valence-electron chi connectivity index (χ1n) is 4.66. The number of aryl methyl sites for hydroxylation is 1. The van der Waals surface area contributed by atoms with Crippen molar-refractivity contribution < 1.29 is 9.13 Å². The van der Waals surface area contributed by atoms with Crippen molar-refractivity contribution >= 4 is 5.69 Å². The highest BCUT2D eigenvalue weighted by molar-refractivity contribution is 5.49. The van der Waals surface area contributed by atoms with Gasteiger partial charge in [-0.2, -0.15) is 0 Å². The molecule has 2 rings (SSSR count). The highest BCUT2D eigenvalue weighted by Gasteiger charge is 2.02. The first-order valence-corrected chi connectivity index (χ1v) is 4.66. The second-order valence-electron chi connectivity index (χ2n) is 3.30. The Kier molecular flexibility index (Phi) is 2.68. The highest BCUT2D eigenvalue weighted by Crippen LogP contribution is 2.22. The molecule has 2 aromatic rings. The highest BCUT2D eigenvalue weighted by atomic mass is 19.1. The molecule has 82 valence electrons. The zero-order chi connectivity index (χ0) is 11.5. The van der Waals surface area contributed by atoms with Crippen LogP contribution in [-0.4, -0.2) is 9.97 Å². The summed E-state index contributed by atoms with van der Waals surface area (Å²) >= 11 is 0. The Balaban J connectivity index is 2.20. The minimum atomic E-state index is -0.499. The fraction of sp³-hybridized carbons (Fsp3) is 0.0909. The summed E-state index contributed by atoms with van der Waals surface area (Å²) in [7, 11) is 0. The molecule has 1 aromatic carbocycles. The molecule has 16 heavy (non-hydrogen) atoms. The molecule has 5 heteroatoms. The van der Waals surface area contributed by atoms with E-state index in [4.69, 9.17) is 10.5 Å². The van der Waals surface area contributed by atoms with E-state index in [9.17, 15) is 4.39 Å². The molecule has 0 aliphatic carbocycles. The van der Waals surface area contributed by atoms with Crippen LogP contribution < -0.4 is 10.5 Å². The molecule has 0 atom stereocenters. The maximum absolute atomic E-state index is 12.5. The van der Waals surface area contributed by atoms with Crippen molar-refractivity contribution in [2.45, 2.75) is 6.92 Å². The van der Waals surface area contributed by atoms with Gasteiger partial charge in [-0.25, -0.2) is 14.4 Å². The Labute approximate surface area is 91.9 Å². The smallest absolute Gasteiger partial charge is 0.322 e. The van der Waals surface area contributed by atoms with E-state index in [0.29, 0.717) is 11.4 Å².